The zero-order chi connectivity index (χ0) is 15.7. The van der Waals surface area contributed by atoms with Crippen LogP contribution in [0.5, 0.6) is 0 Å². The highest BCUT2D eigenvalue weighted by Gasteiger charge is 2.47. The van der Waals surface area contributed by atoms with E-state index in [4.69, 9.17) is 0 Å². The van der Waals surface area contributed by atoms with E-state index < -0.39 is 12.0 Å². The molecule has 0 aromatic heterocycles. The van der Waals surface area contributed by atoms with Crippen molar-refractivity contribution in [1.29, 1.82) is 0 Å². The predicted molar refractivity (Wildman–Crippen MR) is 86.5 cm³/mol. The highest BCUT2D eigenvalue weighted by molar-refractivity contribution is 9.10. The number of likely N-dealkylation sites (tertiary alicyclic amines) is 1. The molecule has 118 valence electrons. The maximum Gasteiger partial charge on any atom is 0.326 e. The van der Waals surface area contributed by atoms with Gasteiger partial charge in [-0.1, -0.05) is 47.0 Å². The lowest BCUT2D eigenvalue weighted by atomic mass is 9.84. The number of rotatable bonds is 3. The summed E-state index contributed by atoms with van der Waals surface area (Å²) in [4.78, 5) is 26.0. The number of nitrogens with zero attached hydrogens (tertiary/aromatic N) is 1. The second kappa shape index (κ2) is 6.41. The molecule has 0 spiro atoms. The number of carbonyl (C=O) groups excluding carboxylic acids is 1. The first-order valence-electron chi connectivity index (χ1n) is 7.85. The van der Waals surface area contributed by atoms with Crippen molar-refractivity contribution in [3.05, 3.63) is 34.3 Å². The minimum Gasteiger partial charge on any atom is -0.480 e. The first kappa shape index (κ1) is 15.5. The SMILES string of the molecule is O=C(O)C1CC2CCCCC2N1C(=O)Cc1ccccc1Br. The first-order chi connectivity index (χ1) is 10.6. The van der Waals surface area contributed by atoms with Gasteiger partial charge in [0.1, 0.15) is 6.04 Å². The van der Waals surface area contributed by atoms with E-state index in [2.05, 4.69) is 15.9 Å². The van der Waals surface area contributed by atoms with Crippen LogP contribution in [-0.2, 0) is 16.0 Å². The fraction of sp³-hybridized carbons (Fsp3) is 0.529. The van der Waals surface area contributed by atoms with Crippen molar-refractivity contribution in [1.82, 2.24) is 4.90 Å². The fourth-order valence-corrected chi connectivity index (χ4v) is 4.36. The lowest BCUT2D eigenvalue weighted by Gasteiger charge is -2.33. The molecule has 1 saturated carbocycles. The molecule has 1 saturated heterocycles. The van der Waals surface area contributed by atoms with Gasteiger partial charge in [-0.2, -0.15) is 0 Å². The minimum atomic E-state index is -0.866. The van der Waals surface area contributed by atoms with Crippen molar-refractivity contribution >= 4 is 27.8 Å². The van der Waals surface area contributed by atoms with Gasteiger partial charge in [-0.3, -0.25) is 4.79 Å². The standard InChI is InChI=1S/C17H20BrNO3/c18-13-7-3-1-5-11(13)10-16(20)19-14-8-4-2-6-12(14)9-15(19)17(21)22/h1,3,5,7,12,14-15H,2,4,6,8-10H2,(H,21,22). The molecule has 1 amide bonds. The predicted octanol–water partition coefficient (Wildman–Crippen LogP) is 3.24. The van der Waals surface area contributed by atoms with Crippen LogP contribution in [0.1, 0.15) is 37.7 Å². The van der Waals surface area contributed by atoms with Gasteiger partial charge in [0.2, 0.25) is 5.91 Å². The van der Waals surface area contributed by atoms with Crippen molar-refractivity contribution < 1.29 is 14.7 Å². The summed E-state index contributed by atoms with van der Waals surface area (Å²) in [6.45, 7) is 0. The van der Waals surface area contributed by atoms with E-state index in [1.807, 2.05) is 24.3 Å². The molecule has 3 atom stereocenters. The Balaban J connectivity index is 1.82. The Kier molecular flexibility index (Phi) is 4.52. The molecule has 5 heteroatoms. The Morgan fingerprint density at radius 1 is 1.23 bits per heavy atom. The van der Waals surface area contributed by atoms with Crippen molar-refractivity contribution in [3.63, 3.8) is 0 Å². The van der Waals surface area contributed by atoms with Gasteiger partial charge in [-0.05, 0) is 36.8 Å². The van der Waals surface area contributed by atoms with Crippen LogP contribution in [0.3, 0.4) is 0 Å². The molecule has 0 radical (unpaired) electrons. The third-order valence-corrected chi connectivity index (χ3v) is 5.73. The van der Waals surface area contributed by atoms with E-state index in [1.54, 1.807) is 4.90 Å². The normalized spacial score (nSPS) is 27.5. The molecular weight excluding hydrogens is 346 g/mol. The number of hydrogen-bond donors (Lipinski definition) is 1. The lowest BCUT2D eigenvalue weighted by molar-refractivity contribution is -0.149. The number of fused-ring (bicyclic) bond motifs is 1. The van der Waals surface area contributed by atoms with Crippen molar-refractivity contribution in [3.8, 4) is 0 Å². The van der Waals surface area contributed by atoms with Crippen LogP contribution in [-0.4, -0.2) is 34.0 Å². The molecule has 1 aliphatic carbocycles. The van der Waals surface area contributed by atoms with Crippen LogP contribution in [0.25, 0.3) is 0 Å². The molecule has 1 aromatic rings. The Hall–Kier alpha value is -1.36. The van der Waals surface area contributed by atoms with Crippen molar-refractivity contribution in [2.24, 2.45) is 5.92 Å². The van der Waals surface area contributed by atoms with Crippen molar-refractivity contribution in [2.75, 3.05) is 0 Å². The molecule has 2 fully saturated rings. The summed E-state index contributed by atoms with van der Waals surface area (Å²) in [7, 11) is 0. The molecule has 1 N–H and O–H groups in total. The van der Waals surface area contributed by atoms with E-state index in [9.17, 15) is 14.7 Å². The number of carboxylic acid groups (broad SMARTS) is 1. The summed E-state index contributed by atoms with van der Waals surface area (Å²) in [5, 5.41) is 9.50. The van der Waals surface area contributed by atoms with Gasteiger partial charge in [0.15, 0.2) is 0 Å². The largest absolute Gasteiger partial charge is 0.480 e. The Bertz CT molecular complexity index is 589. The van der Waals surface area contributed by atoms with Crippen LogP contribution >= 0.6 is 15.9 Å². The molecule has 3 unspecified atom stereocenters. The monoisotopic (exact) mass is 365 g/mol. The molecule has 0 bridgehead atoms. The smallest absolute Gasteiger partial charge is 0.326 e. The maximum absolute atomic E-state index is 12.8. The Labute approximate surface area is 138 Å². The number of hydrogen-bond acceptors (Lipinski definition) is 2. The molecule has 22 heavy (non-hydrogen) atoms. The average molecular weight is 366 g/mol. The zero-order valence-corrected chi connectivity index (χ0v) is 14.0. The summed E-state index contributed by atoms with van der Waals surface area (Å²) in [5.74, 6) is -0.568. The van der Waals surface area contributed by atoms with Crippen LogP contribution in [0.2, 0.25) is 0 Å². The molecular formula is C17H20BrNO3. The van der Waals surface area contributed by atoms with E-state index >= 15 is 0 Å². The number of aliphatic carboxylic acids is 1. The maximum atomic E-state index is 12.8. The zero-order valence-electron chi connectivity index (χ0n) is 12.4. The topological polar surface area (TPSA) is 57.6 Å². The molecule has 2 aliphatic rings. The lowest BCUT2D eigenvalue weighted by Crippen LogP contribution is -2.46. The van der Waals surface area contributed by atoms with Gasteiger partial charge in [0, 0.05) is 10.5 Å². The third-order valence-electron chi connectivity index (χ3n) is 4.96. The van der Waals surface area contributed by atoms with Crippen LogP contribution in [0.4, 0.5) is 0 Å². The minimum absolute atomic E-state index is 0.0614. The van der Waals surface area contributed by atoms with Gasteiger partial charge in [-0.25, -0.2) is 4.79 Å². The highest BCUT2D eigenvalue weighted by atomic mass is 79.9. The van der Waals surface area contributed by atoms with Gasteiger partial charge >= 0.3 is 5.97 Å². The van der Waals surface area contributed by atoms with E-state index in [0.29, 0.717) is 12.3 Å². The number of amides is 1. The van der Waals surface area contributed by atoms with E-state index in [-0.39, 0.29) is 18.4 Å². The first-order valence-corrected chi connectivity index (χ1v) is 8.64. The quantitative estimate of drug-likeness (QED) is 0.894. The molecule has 3 rings (SSSR count). The molecule has 1 aromatic carbocycles. The summed E-state index contributed by atoms with van der Waals surface area (Å²) in [5.41, 5.74) is 0.913. The number of benzene rings is 1. The fourth-order valence-electron chi connectivity index (χ4n) is 3.94. The third kappa shape index (κ3) is 2.91. The summed E-state index contributed by atoms with van der Waals surface area (Å²) < 4.78 is 0.898. The average Bonchev–Trinajstić information content (AvgIpc) is 2.89. The summed E-state index contributed by atoms with van der Waals surface area (Å²) in [6, 6.07) is 7.09. The van der Waals surface area contributed by atoms with Gasteiger partial charge < -0.3 is 10.0 Å². The number of halogens is 1. The van der Waals surface area contributed by atoms with Crippen LogP contribution < -0.4 is 0 Å². The summed E-state index contributed by atoms with van der Waals surface area (Å²) in [6.07, 6.45) is 5.10. The van der Waals surface area contributed by atoms with Gasteiger partial charge in [-0.15, -0.1) is 0 Å². The second-order valence-electron chi connectivity index (χ2n) is 6.27. The van der Waals surface area contributed by atoms with Crippen LogP contribution in [0.15, 0.2) is 28.7 Å². The second-order valence-corrected chi connectivity index (χ2v) is 7.13. The van der Waals surface area contributed by atoms with E-state index in [1.165, 1.54) is 0 Å². The Morgan fingerprint density at radius 2 is 1.95 bits per heavy atom. The van der Waals surface area contributed by atoms with Crippen LogP contribution in [0, 0.1) is 5.92 Å². The van der Waals surface area contributed by atoms with Gasteiger partial charge in [0.25, 0.3) is 0 Å². The van der Waals surface area contributed by atoms with Crippen molar-refractivity contribution in [2.45, 2.75) is 50.6 Å². The summed E-state index contributed by atoms with van der Waals surface area (Å²) >= 11 is 3.46. The molecule has 1 aliphatic heterocycles. The number of carbonyl (C=O) groups is 2. The highest BCUT2D eigenvalue weighted by Crippen LogP contribution is 2.40. The van der Waals surface area contributed by atoms with E-state index in [0.717, 1.165) is 35.7 Å². The number of carboxylic acids is 1. The molecule has 4 nitrogen and oxygen atoms in total. The van der Waals surface area contributed by atoms with Gasteiger partial charge in [0.05, 0.1) is 6.42 Å². The Morgan fingerprint density at radius 3 is 2.68 bits per heavy atom. The molecule has 1 heterocycles.